The molecule has 0 saturated heterocycles. The van der Waals surface area contributed by atoms with Crippen molar-refractivity contribution in [3.63, 3.8) is 0 Å². The highest BCUT2D eigenvalue weighted by molar-refractivity contribution is 5.93. The Morgan fingerprint density at radius 2 is 2.00 bits per heavy atom. The summed E-state index contributed by atoms with van der Waals surface area (Å²) in [5.74, 6) is 0.317. The van der Waals surface area contributed by atoms with E-state index in [2.05, 4.69) is 15.5 Å². The van der Waals surface area contributed by atoms with E-state index < -0.39 is 0 Å². The molecule has 1 heterocycles. The molecule has 1 rings (SSSR count). The zero-order valence-electron chi connectivity index (χ0n) is 10.2. The minimum Gasteiger partial charge on any atom is -0.290 e. The molecule has 0 fully saturated rings. The summed E-state index contributed by atoms with van der Waals surface area (Å²) in [4.78, 5) is 11.5. The van der Waals surface area contributed by atoms with Gasteiger partial charge in [-0.2, -0.15) is 0 Å². The highest BCUT2D eigenvalue weighted by Gasteiger charge is 2.17. The Balaban J connectivity index is 0.000000921. The van der Waals surface area contributed by atoms with Crippen molar-refractivity contribution in [2.75, 3.05) is 0 Å². The average molecular weight is 212 g/mol. The predicted octanol–water partition coefficient (Wildman–Crippen LogP) is 1.95. The molecule has 1 aromatic heterocycles. The standard InChI is InChI=1S/C8H14N4O.C2H6/c1-4-5-12-8(9-10-11-12)7(13)6(2)3;1-2/h6H,4-5H2,1-3H3;1-2H3. The lowest BCUT2D eigenvalue weighted by Gasteiger charge is -2.03. The maximum absolute atomic E-state index is 11.5. The monoisotopic (exact) mass is 212 g/mol. The summed E-state index contributed by atoms with van der Waals surface area (Å²) in [6, 6.07) is 0. The zero-order chi connectivity index (χ0) is 11.8. The van der Waals surface area contributed by atoms with E-state index >= 15 is 0 Å². The molecule has 86 valence electrons. The van der Waals surface area contributed by atoms with Crippen LogP contribution in [-0.4, -0.2) is 26.0 Å². The van der Waals surface area contributed by atoms with Gasteiger partial charge in [-0.3, -0.25) is 4.79 Å². The van der Waals surface area contributed by atoms with Gasteiger partial charge in [0.05, 0.1) is 0 Å². The maximum Gasteiger partial charge on any atom is 0.218 e. The van der Waals surface area contributed by atoms with Crippen molar-refractivity contribution in [3.05, 3.63) is 5.82 Å². The quantitative estimate of drug-likeness (QED) is 0.716. The molecule has 0 amide bonds. The van der Waals surface area contributed by atoms with Gasteiger partial charge in [-0.1, -0.05) is 34.6 Å². The number of hydrogen-bond acceptors (Lipinski definition) is 4. The van der Waals surface area contributed by atoms with Gasteiger partial charge in [0.2, 0.25) is 11.6 Å². The first kappa shape index (κ1) is 13.7. The number of carbonyl (C=O) groups excluding carboxylic acids is 1. The second kappa shape index (κ2) is 7.09. The smallest absolute Gasteiger partial charge is 0.218 e. The average Bonchev–Trinajstić information content (AvgIpc) is 2.68. The van der Waals surface area contributed by atoms with Gasteiger partial charge in [0, 0.05) is 12.5 Å². The van der Waals surface area contributed by atoms with Crippen molar-refractivity contribution in [3.8, 4) is 0 Å². The van der Waals surface area contributed by atoms with E-state index in [4.69, 9.17) is 0 Å². The second-order valence-corrected chi connectivity index (χ2v) is 3.24. The molecule has 0 unspecified atom stereocenters. The third-order valence-corrected chi connectivity index (χ3v) is 1.71. The molecule has 1 aromatic rings. The first-order valence-electron chi connectivity index (χ1n) is 5.47. The Bertz CT molecular complexity index is 293. The van der Waals surface area contributed by atoms with E-state index in [0.717, 1.165) is 6.42 Å². The van der Waals surface area contributed by atoms with Crippen molar-refractivity contribution in [1.29, 1.82) is 0 Å². The molecule has 0 aromatic carbocycles. The first-order valence-corrected chi connectivity index (χ1v) is 5.47. The molecule has 0 aliphatic heterocycles. The summed E-state index contributed by atoms with van der Waals surface area (Å²) in [5.41, 5.74) is 0. The van der Waals surface area contributed by atoms with Gasteiger partial charge >= 0.3 is 0 Å². The van der Waals surface area contributed by atoms with Crippen LogP contribution in [0, 0.1) is 5.92 Å². The first-order chi connectivity index (χ1) is 7.16. The van der Waals surface area contributed by atoms with Crippen LogP contribution in [0.4, 0.5) is 0 Å². The fraction of sp³-hybridized carbons (Fsp3) is 0.800. The molecule has 5 heteroatoms. The van der Waals surface area contributed by atoms with Gasteiger partial charge in [-0.25, -0.2) is 4.68 Å². The molecule has 15 heavy (non-hydrogen) atoms. The van der Waals surface area contributed by atoms with Gasteiger partial charge in [0.1, 0.15) is 0 Å². The van der Waals surface area contributed by atoms with E-state index in [-0.39, 0.29) is 11.7 Å². The van der Waals surface area contributed by atoms with Crippen LogP contribution in [-0.2, 0) is 6.54 Å². The molecule has 0 spiro atoms. The van der Waals surface area contributed by atoms with E-state index in [9.17, 15) is 4.79 Å². The summed E-state index contributed by atoms with van der Waals surface area (Å²) in [6.45, 7) is 10.4. The molecule has 0 atom stereocenters. The van der Waals surface area contributed by atoms with Crippen LogP contribution < -0.4 is 0 Å². The minimum absolute atomic E-state index is 0.00144. The third-order valence-electron chi connectivity index (χ3n) is 1.71. The van der Waals surface area contributed by atoms with Gasteiger partial charge < -0.3 is 0 Å². The number of Topliss-reactive ketones (excluding diaryl/α,β-unsaturated/α-hetero) is 1. The highest BCUT2D eigenvalue weighted by atomic mass is 16.1. The summed E-state index contributed by atoms with van der Waals surface area (Å²) < 4.78 is 1.56. The molecule has 0 radical (unpaired) electrons. The minimum atomic E-state index is -0.0541. The third kappa shape index (κ3) is 3.77. The Labute approximate surface area is 90.9 Å². The van der Waals surface area contributed by atoms with Crippen LogP contribution in [0.15, 0.2) is 0 Å². The molecule has 0 aliphatic carbocycles. The van der Waals surface area contributed by atoms with Crippen LogP contribution in [0.1, 0.15) is 51.7 Å². The van der Waals surface area contributed by atoms with Crippen molar-refractivity contribution in [2.24, 2.45) is 5.92 Å². The molecule has 0 N–H and O–H groups in total. The van der Waals surface area contributed by atoms with E-state index in [1.54, 1.807) is 4.68 Å². The number of carbonyl (C=O) groups is 1. The van der Waals surface area contributed by atoms with Crippen LogP contribution in [0.5, 0.6) is 0 Å². The number of tetrazole rings is 1. The lowest BCUT2D eigenvalue weighted by atomic mass is 10.1. The SMILES string of the molecule is CC.CCCn1nnnc1C(=O)C(C)C. The summed E-state index contributed by atoms with van der Waals surface area (Å²) in [5, 5.41) is 10.9. The van der Waals surface area contributed by atoms with Gasteiger partial charge in [-0.15, -0.1) is 5.10 Å². The topological polar surface area (TPSA) is 60.7 Å². The van der Waals surface area contributed by atoms with Crippen LogP contribution >= 0.6 is 0 Å². The fourth-order valence-electron chi connectivity index (χ4n) is 1.00. The van der Waals surface area contributed by atoms with Gasteiger partial charge in [-0.05, 0) is 16.8 Å². The lowest BCUT2D eigenvalue weighted by Crippen LogP contribution is -2.16. The predicted molar refractivity (Wildman–Crippen MR) is 58.6 cm³/mol. The van der Waals surface area contributed by atoms with Crippen molar-refractivity contribution in [2.45, 2.75) is 47.6 Å². The van der Waals surface area contributed by atoms with Gasteiger partial charge in [0.25, 0.3) is 0 Å². The number of rotatable bonds is 4. The Morgan fingerprint density at radius 1 is 1.40 bits per heavy atom. The molecule has 0 bridgehead atoms. The van der Waals surface area contributed by atoms with E-state index in [1.165, 1.54) is 0 Å². The maximum atomic E-state index is 11.5. The van der Waals surface area contributed by atoms with Crippen molar-refractivity contribution >= 4 is 5.78 Å². The van der Waals surface area contributed by atoms with E-state index in [1.807, 2.05) is 34.6 Å². The number of aromatic nitrogens is 4. The molecule has 5 nitrogen and oxygen atoms in total. The highest BCUT2D eigenvalue weighted by Crippen LogP contribution is 2.04. The van der Waals surface area contributed by atoms with Crippen molar-refractivity contribution < 1.29 is 4.79 Å². The van der Waals surface area contributed by atoms with Gasteiger partial charge in [0.15, 0.2) is 0 Å². The summed E-state index contributed by atoms with van der Waals surface area (Å²) >= 11 is 0. The summed E-state index contributed by atoms with van der Waals surface area (Å²) in [6.07, 6.45) is 0.920. The number of hydrogen-bond donors (Lipinski definition) is 0. The van der Waals surface area contributed by atoms with Crippen LogP contribution in [0.2, 0.25) is 0 Å². The molecule has 0 aliphatic rings. The molecule has 0 saturated carbocycles. The number of aryl methyl sites for hydroxylation is 1. The molecular formula is C10H20N4O. The Morgan fingerprint density at radius 3 is 2.47 bits per heavy atom. The zero-order valence-corrected chi connectivity index (χ0v) is 10.2. The van der Waals surface area contributed by atoms with Crippen molar-refractivity contribution in [1.82, 2.24) is 20.2 Å². The Kier molecular flexibility index (Phi) is 6.49. The lowest BCUT2D eigenvalue weighted by molar-refractivity contribution is 0.0922. The molecular weight excluding hydrogens is 192 g/mol. The largest absolute Gasteiger partial charge is 0.290 e. The number of nitrogens with zero attached hydrogens (tertiary/aromatic N) is 4. The fourth-order valence-corrected chi connectivity index (χ4v) is 1.00. The van der Waals surface area contributed by atoms with E-state index in [0.29, 0.717) is 12.4 Å². The Hall–Kier alpha value is -1.26. The summed E-state index contributed by atoms with van der Waals surface area (Å²) in [7, 11) is 0. The number of ketones is 1. The second-order valence-electron chi connectivity index (χ2n) is 3.24. The van der Waals surface area contributed by atoms with Crippen LogP contribution in [0.3, 0.4) is 0 Å². The van der Waals surface area contributed by atoms with Crippen LogP contribution in [0.25, 0.3) is 0 Å². The normalized spacial score (nSPS) is 9.73.